The highest BCUT2D eigenvalue weighted by molar-refractivity contribution is 5.98. The summed E-state index contributed by atoms with van der Waals surface area (Å²) in [7, 11) is 0. The fourth-order valence-corrected chi connectivity index (χ4v) is 2.63. The highest BCUT2D eigenvalue weighted by atomic mass is 19.1. The summed E-state index contributed by atoms with van der Waals surface area (Å²) in [4.78, 5) is 31.3. The Morgan fingerprint density at radius 1 is 1.52 bits per heavy atom. The SMILES string of the molecule is C=C(C)/C(=C\CF)N=C(C)c1cc2c(c(=O)[nH]1)COC(=O)[C@]2(O)CC. The van der Waals surface area contributed by atoms with E-state index < -0.39 is 23.8 Å². The van der Waals surface area contributed by atoms with E-state index in [4.69, 9.17) is 4.74 Å². The number of aliphatic imine (C=N–C) groups is 1. The van der Waals surface area contributed by atoms with Gasteiger partial charge in [-0.1, -0.05) is 13.5 Å². The second kappa shape index (κ2) is 7.14. The Kier molecular flexibility index (Phi) is 5.37. The molecule has 0 amide bonds. The van der Waals surface area contributed by atoms with Crippen molar-refractivity contribution in [2.75, 3.05) is 6.67 Å². The van der Waals surface area contributed by atoms with Gasteiger partial charge in [0.1, 0.15) is 13.3 Å². The molecule has 2 N–H and O–H groups in total. The lowest BCUT2D eigenvalue weighted by Gasteiger charge is -2.31. The zero-order valence-corrected chi connectivity index (χ0v) is 14.5. The number of nitrogens with zero attached hydrogens (tertiary/aromatic N) is 1. The van der Waals surface area contributed by atoms with E-state index in [2.05, 4.69) is 16.6 Å². The number of rotatable bonds is 5. The first-order valence-corrected chi connectivity index (χ1v) is 7.88. The Morgan fingerprint density at radius 3 is 2.76 bits per heavy atom. The van der Waals surface area contributed by atoms with Crippen molar-refractivity contribution in [3.05, 3.63) is 57.2 Å². The van der Waals surface area contributed by atoms with Crippen LogP contribution in [-0.2, 0) is 21.7 Å². The summed E-state index contributed by atoms with van der Waals surface area (Å²) in [5.41, 5.74) is -0.243. The summed E-state index contributed by atoms with van der Waals surface area (Å²) < 4.78 is 17.5. The second-order valence-corrected chi connectivity index (χ2v) is 5.92. The maximum atomic E-state index is 12.6. The van der Waals surface area contributed by atoms with E-state index in [-0.39, 0.29) is 24.2 Å². The molecule has 134 valence electrons. The van der Waals surface area contributed by atoms with Crippen LogP contribution in [0.1, 0.15) is 44.0 Å². The molecule has 1 aliphatic heterocycles. The van der Waals surface area contributed by atoms with Crippen LogP contribution in [0.4, 0.5) is 4.39 Å². The average molecular weight is 348 g/mol. The molecule has 0 saturated heterocycles. The van der Waals surface area contributed by atoms with Gasteiger partial charge in [-0.3, -0.25) is 9.79 Å². The minimum Gasteiger partial charge on any atom is -0.458 e. The number of ether oxygens (including phenoxy) is 1. The highest BCUT2D eigenvalue weighted by Crippen LogP contribution is 2.33. The molecule has 1 atom stereocenters. The minimum atomic E-state index is -1.87. The van der Waals surface area contributed by atoms with Crippen LogP contribution in [0.3, 0.4) is 0 Å². The van der Waals surface area contributed by atoms with Crippen LogP contribution in [0.25, 0.3) is 0 Å². The van der Waals surface area contributed by atoms with E-state index in [1.54, 1.807) is 20.8 Å². The maximum Gasteiger partial charge on any atom is 0.343 e. The zero-order chi connectivity index (χ0) is 18.8. The van der Waals surface area contributed by atoms with Gasteiger partial charge >= 0.3 is 5.97 Å². The van der Waals surface area contributed by atoms with Crippen LogP contribution in [0.15, 0.2) is 39.8 Å². The standard InChI is InChI=1S/C18H21FN2O4/c1-5-18(24)13-8-15(11(4)20-14(6-7-19)10(2)3)21-16(22)12(13)9-25-17(18)23/h6,8,24H,2,5,7,9H2,1,3-4H3,(H,21,22)/b14-6+,20-11?/t18-/m0/s1. The second-order valence-electron chi connectivity index (χ2n) is 5.92. The molecule has 0 aromatic carbocycles. The Hall–Kier alpha value is -2.54. The molecule has 0 unspecified atom stereocenters. The van der Waals surface area contributed by atoms with Crippen molar-refractivity contribution in [1.29, 1.82) is 0 Å². The lowest BCUT2D eigenvalue weighted by molar-refractivity contribution is -0.172. The van der Waals surface area contributed by atoms with E-state index in [9.17, 15) is 19.1 Å². The third-order valence-corrected chi connectivity index (χ3v) is 4.16. The van der Waals surface area contributed by atoms with E-state index in [0.29, 0.717) is 22.7 Å². The van der Waals surface area contributed by atoms with Crippen LogP contribution >= 0.6 is 0 Å². The van der Waals surface area contributed by atoms with Crippen molar-refractivity contribution < 1.29 is 19.0 Å². The van der Waals surface area contributed by atoms with Gasteiger partial charge in [0.2, 0.25) is 0 Å². The normalized spacial score (nSPS) is 20.9. The number of hydrogen-bond donors (Lipinski definition) is 2. The fourth-order valence-electron chi connectivity index (χ4n) is 2.63. The number of cyclic esters (lactones) is 1. The predicted octanol–water partition coefficient (Wildman–Crippen LogP) is 2.27. The molecule has 0 bridgehead atoms. The summed E-state index contributed by atoms with van der Waals surface area (Å²) in [6.07, 6.45) is 1.35. The van der Waals surface area contributed by atoms with Gasteiger partial charge in [-0.15, -0.1) is 0 Å². The first-order valence-electron chi connectivity index (χ1n) is 7.88. The van der Waals surface area contributed by atoms with Crippen molar-refractivity contribution in [2.45, 2.75) is 39.4 Å². The number of nitrogens with one attached hydrogen (secondary N) is 1. The quantitative estimate of drug-likeness (QED) is 0.485. The van der Waals surface area contributed by atoms with Crippen molar-refractivity contribution in [2.24, 2.45) is 4.99 Å². The minimum absolute atomic E-state index is 0.0662. The first kappa shape index (κ1) is 18.8. The van der Waals surface area contributed by atoms with Crippen LogP contribution < -0.4 is 5.56 Å². The van der Waals surface area contributed by atoms with Crippen molar-refractivity contribution in [3.8, 4) is 0 Å². The van der Waals surface area contributed by atoms with Crippen LogP contribution in [0.5, 0.6) is 0 Å². The van der Waals surface area contributed by atoms with E-state index in [1.165, 1.54) is 12.1 Å². The molecule has 1 aromatic rings. The predicted molar refractivity (Wildman–Crippen MR) is 92.1 cm³/mol. The Labute approximate surface area is 144 Å². The molecule has 6 nitrogen and oxygen atoms in total. The van der Waals surface area contributed by atoms with E-state index in [1.807, 2.05) is 0 Å². The van der Waals surface area contributed by atoms with Gasteiger partial charge in [-0.25, -0.2) is 9.18 Å². The molecule has 0 aliphatic carbocycles. The topological polar surface area (TPSA) is 91.8 Å². The van der Waals surface area contributed by atoms with Gasteiger partial charge < -0.3 is 14.8 Å². The molecule has 0 radical (unpaired) electrons. The Bertz CT molecular complexity index is 838. The number of aromatic nitrogens is 1. The van der Waals surface area contributed by atoms with Crippen molar-refractivity contribution in [1.82, 2.24) is 4.98 Å². The molecule has 2 heterocycles. The molecule has 1 aliphatic rings. The lowest BCUT2D eigenvalue weighted by Crippen LogP contribution is -2.43. The van der Waals surface area contributed by atoms with Crippen LogP contribution in [0.2, 0.25) is 0 Å². The maximum absolute atomic E-state index is 12.6. The van der Waals surface area contributed by atoms with Crippen molar-refractivity contribution >= 4 is 11.7 Å². The number of aromatic amines is 1. The zero-order valence-electron chi connectivity index (χ0n) is 14.5. The van der Waals surface area contributed by atoms with Crippen LogP contribution in [0, 0.1) is 0 Å². The summed E-state index contributed by atoms with van der Waals surface area (Å²) in [6, 6.07) is 1.52. The van der Waals surface area contributed by atoms with E-state index >= 15 is 0 Å². The van der Waals surface area contributed by atoms with Gasteiger partial charge in [0.15, 0.2) is 5.60 Å². The third-order valence-electron chi connectivity index (χ3n) is 4.16. The summed E-state index contributed by atoms with van der Waals surface area (Å²) in [6.45, 7) is 7.81. The molecule has 7 heteroatoms. The van der Waals surface area contributed by atoms with Crippen LogP contribution in [-0.4, -0.2) is 28.4 Å². The number of carbonyl (C=O) groups is 1. The molecule has 2 rings (SSSR count). The number of hydrogen-bond acceptors (Lipinski definition) is 5. The molecule has 0 spiro atoms. The highest BCUT2D eigenvalue weighted by Gasteiger charge is 2.44. The smallest absolute Gasteiger partial charge is 0.343 e. The fraction of sp³-hybridized carbons (Fsp3) is 0.389. The molecule has 0 saturated carbocycles. The van der Waals surface area contributed by atoms with E-state index in [0.717, 1.165) is 0 Å². The largest absolute Gasteiger partial charge is 0.458 e. The number of halogens is 1. The Balaban J connectivity index is 2.61. The Morgan fingerprint density at radius 2 is 2.20 bits per heavy atom. The number of allylic oxidation sites excluding steroid dienone is 2. The van der Waals surface area contributed by atoms with Gasteiger partial charge in [-0.2, -0.15) is 0 Å². The van der Waals surface area contributed by atoms with Gasteiger partial charge in [0, 0.05) is 5.56 Å². The number of fused-ring (bicyclic) bond motifs is 1. The first-order chi connectivity index (χ1) is 11.7. The van der Waals surface area contributed by atoms with Gasteiger partial charge in [-0.05, 0) is 38.0 Å². The molecule has 1 aromatic heterocycles. The molecular formula is C18H21FN2O4. The summed E-state index contributed by atoms with van der Waals surface area (Å²) in [5, 5.41) is 10.6. The van der Waals surface area contributed by atoms with Crippen molar-refractivity contribution in [3.63, 3.8) is 0 Å². The summed E-state index contributed by atoms with van der Waals surface area (Å²) in [5.74, 6) is -0.784. The number of alkyl halides is 1. The monoisotopic (exact) mass is 348 g/mol. The molecule has 25 heavy (non-hydrogen) atoms. The number of aliphatic hydroxyl groups is 1. The number of H-pyrrole nitrogens is 1. The molecular weight excluding hydrogens is 327 g/mol. The lowest BCUT2D eigenvalue weighted by atomic mass is 9.86. The van der Waals surface area contributed by atoms with Gasteiger partial charge in [0.05, 0.1) is 22.7 Å². The third kappa shape index (κ3) is 3.46. The number of pyridine rings is 1. The number of esters is 1. The average Bonchev–Trinajstić information content (AvgIpc) is 2.57. The van der Waals surface area contributed by atoms with Gasteiger partial charge in [0.25, 0.3) is 5.56 Å². The summed E-state index contributed by atoms with van der Waals surface area (Å²) >= 11 is 0. The molecule has 0 fully saturated rings. The number of carbonyl (C=O) groups excluding carboxylic acids is 1.